The van der Waals surface area contributed by atoms with E-state index >= 15 is 0 Å². The Kier molecular flexibility index (Phi) is 5.36. The summed E-state index contributed by atoms with van der Waals surface area (Å²) < 4.78 is 5.47. The molecule has 0 saturated carbocycles. The zero-order valence-electron chi connectivity index (χ0n) is 9.56. The smallest absolute Gasteiger partial charge is 0.314 e. The Morgan fingerprint density at radius 2 is 2.06 bits per heavy atom. The molecule has 4 heteroatoms. The lowest BCUT2D eigenvalue weighted by molar-refractivity contribution is 0.113. The van der Waals surface area contributed by atoms with E-state index < -0.39 is 6.03 Å². The minimum absolute atomic E-state index is 0.400. The van der Waals surface area contributed by atoms with Crippen LogP contribution < -0.4 is 5.73 Å². The van der Waals surface area contributed by atoms with Crippen LogP contribution in [0.3, 0.4) is 0 Å². The van der Waals surface area contributed by atoms with Gasteiger partial charge in [0, 0.05) is 20.2 Å². The van der Waals surface area contributed by atoms with Crippen molar-refractivity contribution in [2.45, 2.75) is 13.0 Å². The number of carbonyl (C=O) groups excluding carboxylic acids is 1. The average molecular weight is 222 g/mol. The van der Waals surface area contributed by atoms with Crippen LogP contribution in [-0.4, -0.2) is 31.1 Å². The summed E-state index contributed by atoms with van der Waals surface area (Å²) in [7, 11) is 1.68. The fourth-order valence-corrected chi connectivity index (χ4v) is 1.28. The van der Waals surface area contributed by atoms with Gasteiger partial charge in [0.1, 0.15) is 0 Å². The van der Waals surface area contributed by atoms with Gasteiger partial charge in [-0.05, 0) is 12.0 Å². The molecule has 0 radical (unpaired) electrons. The number of rotatable bonds is 6. The average Bonchev–Trinajstić information content (AvgIpc) is 2.29. The van der Waals surface area contributed by atoms with Crippen LogP contribution >= 0.6 is 0 Å². The molecule has 0 aliphatic rings. The number of nitrogens with zero attached hydrogens (tertiary/aromatic N) is 1. The summed E-state index contributed by atoms with van der Waals surface area (Å²) >= 11 is 0. The van der Waals surface area contributed by atoms with E-state index in [0.29, 0.717) is 19.8 Å². The number of amides is 2. The molecular weight excluding hydrogens is 204 g/mol. The second kappa shape index (κ2) is 6.85. The van der Waals surface area contributed by atoms with E-state index in [1.807, 2.05) is 30.3 Å². The van der Waals surface area contributed by atoms with E-state index in [9.17, 15) is 4.79 Å². The first-order chi connectivity index (χ1) is 7.70. The van der Waals surface area contributed by atoms with Crippen LogP contribution in [-0.2, 0) is 11.3 Å². The lowest BCUT2D eigenvalue weighted by Crippen LogP contribution is -2.33. The maximum atomic E-state index is 10.7. The molecule has 0 unspecified atom stereocenters. The molecule has 88 valence electrons. The first-order valence-electron chi connectivity index (χ1n) is 5.32. The quantitative estimate of drug-likeness (QED) is 0.743. The Hall–Kier alpha value is -1.55. The van der Waals surface area contributed by atoms with E-state index in [2.05, 4.69) is 0 Å². The van der Waals surface area contributed by atoms with Gasteiger partial charge in [0.2, 0.25) is 0 Å². The molecule has 0 heterocycles. The summed E-state index contributed by atoms with van der Waals surface area (Å²) in [5.41, 5.74) is 6.25. The van der Waals surface area contributed by atoms with Crippen LogP contribution in [0, 0.1) is 0 Å². The minimum atomic E-state index is -0.400. The van der Waals surface area contributed by atoms with Gasteiger partial charge >= 0.3 is 6.03 Å². The summed E-state index contributed by atoms with van der Waals surface area (Å²) in [6, 6.07) is 9.60. The third-order valence-electron chi connectivity index (χ3n) is 2.27. The highest BCUT2D eigenvalue weighted by atomic mass is 16.5. The van der Waals surface area contributed by atoms with E-state index in [0.717, 1.165) is 12.0 Å². The molecule has 0 aliphatic carbocycles. The van der Waals surface area contributed by atoms with Crippen molar-refractivity contribution in [2.75, 3.05) is 20.2 Å². The molecular formula is C12H18N2O2. The number of ether oxygens (including phenoxy) is 1. The molecule has 0 saturated heterocycles. The number of hydrogen-bond donors (Lipinski definition) is 1. The summed E-state index contributed by atoms with van der Waals surface area (Å²) in [4.78, 5) is 12.2. The highest BCUT2D eigenvalue weighted by Gasteiger charge is 2.01. The van der Waals surface area contributed by atoms with E-state index in [1.54, 1.807) is 7.05 Å². The maximum absolute atomic E-state index is 10.7. The molecule has 0 fully saturated rings. The second-order valence-electron chi connectivity index (χ2n) is 3.65. The van der Waals surface area contributed by atoms with Gasteiger partial charge in [-0.15, -0.1) is 0 Å². The van der Waals surface area contributed by atoms with Gasteiger partial charge in [-0.2, -0.15) is 0 Å². The number of benzene rings is 1. The summed E-state index contributed by atoms with van der Waals surface area (Å²) in [5.74, 6) is 0. The van der Waals surface area contributed by atoms with Crippen molar-refractivity contribution in [3.05, 3.63) is 35.9 Å². The lowest BCUT2D eigenvalue weighted by Gasteiger charge is -2.13. The summed E-state index contributed by atoms with van der Waals surface area (Å²) in [6.45, 7) is 1.87. The van der Waals surface area contributed by atoms with Gasteiger partial charge < -0.3 is 15.4 Å². The van der Waals surface area contributed by atoms with Gasteiger partial charge in [0.25, 0.3) is 0 Å². The van der Waals surface area contributed by atoms with Crippen molar-refractivity contribution in [1.82, 2.24) is 4.90 Å². The zero-order chi connectivity index (χ0) is 11.8. The molecule has 1 aromatic carbocycles. The van der Waals surface area contributed by atoms with Crippen molar-refractivity contribution < 1.29 is 9.53 Å². The van der Waals surface area contributed by atoms with Gasteiger partial charge in [-0.1, -0.05) is 30.3 Å². The predicted octanol–water partition coefficient (Wildman–Crippen LogP) is 1.60. The molecule has 0 spiro atoms. The van der Waals surface area contributed by atoms with Gasteiger partial charge in [0.05, 0.1) is 6.61 Å². The highest BCUT2D eigenvalue weighted by molar-refractivity contribution is 5.71. The van der Waals surface area contributed by atoms with Gasteiger partial charge in [0.15, 0.2) is 0 Å². The van der Waals surface area contributed by atoms with Crippen LogP contribution in [0.2, 0.25) is 0 Å². The largest absolute Gasteiger partial charge is 0.377 e. The molecule has 0 bridgehead atoms. The zero-order valence-corrected chi connectivity index (χ0v) is 9.56. The van der Waals surface area contributed by atoms with E-state index in [4.69, 9.17) is 10.5 Å². The van der Waals surface area contributed by atoms with Gasteiger partial charge in [-0.3, -0.25) is 0 Å². The third-order valence-corrected chi connectivity index (χ3v) is 2.27. The first-order valence-corrected chi connectivity index (χ1v) is 5.32. The van der Waals surface area contributed by atoms with Crippen LogP contribution in [0.1, 0.15) is 12.0 Å². The molecule has 2 N–H and O–H groups in total. The normalized spacial score (nSPS) is 10.1. The Morgan fingerprint density at radius 3 is 2.69 bits per heavy atom. The summed E-state index contributed by atoms with van der Waals surface area (Å²) in [5, 5.41) is 0. The standard InChI is InChI=1S/C12H18N2O2/c1-14(12(13)15)8-5-9-16-10-11-6-3-2-4-7-11/h2-4,6-7H,5,8-10H2,1H3,(H2,13,15). The van der Waals surface area contributed by atoms with Crippen molar-refractivity contribution in [3.63, 3.8) is 0 Å². The van der Waals surface area contributed by atoms with Gasteiger partial charge in [-0.25, -0.2) is 4.79 Å². The molecule has 1 rings (SSSR count). The van der Waals surface area contributed by atoms with E-state index in [-0.39, 0.29) is 0 Å². The third kappa shape index (κ3) is 4.79. The molecule has 0 aromatic heterocycles. The second-order valence-corrected chi connectivity index (χ2v) is 3.65. The minimum Gasteiger partial charge on any atom is -0.377 e. The monoisotopic (exact) mass is 222 g/mol. The first kappa shape index (κ1) is 12.5. The van der Waals surface area contributed by atoms with E-state index in [1.165, 1.54) is 4.90 Å². The van der Waals surface area contributed by atoms with Crippen molar-refractivity contribution >= 4 is 6.03 Å². The Bertz CT molecular complexity index is 314. The Balaban J connectivity index is 2.07. The van der Waals surface area contributed by atoms with Crippen molar-refractivity contribution in [1.29, 1.82) is 0 Å². The Labute approximate surface area is 96.0 Å². The fourth-order valence-electron chi connectivity index (χ4n) is 1.28. The number of hydrogen-bond acceptors (Lipinski definition) is 2. The molecule has 0 aliphatic heterocycles. The number of urea groups is 1. The topological polar surface area (TPSA) is 55.6 Å². The van der Waals surface area contributed by atoms with Crippen LogP contribution in [0.4, 0.5) is 4.79 Å². The van der Waals surface area contributed by atoms with Crippen LogP contribution in [0.15, 0.2) is 30.3 Å². The van der Waals surface area contributed by atoms with Crippen molar-refractivity contribution in [3.8, 4) is 0 Å². The highest BCUT2D eigenvalue weighted by Crippen LogP contribution is 2.00. The SMILES string of the molecule is CN(CCCOCc1ccccc1)C(N)=O. The van der Waals surface area contributed by atoms with Crippen LogP contribution in [0.25, 0.3) is 0 Å². The molecule has 2 amide bonds. The van der Waals surface area contributed by atoms with Crippen LogP contribution in [0.5, 0.6) is 0 Å². The number of carbonyl (C=O) groups is 1. The number of primary amides is 1. The molecule has 4 nitrogen and oxygen atoms in total. The Morgan fingerprint density at radius 1 is 1.38 bits per heavy atom. The van der Waals surface area contributed by atoms with Crippen molar-refractivity contribution in [2.24, 2.45) is 5.73 Å². The number of nitrogens with two attached hydrogens (primary N) is 1. The predicted molar refractivity (Wildman–Crippen MR) is 62.9 cm³/mol. The molecule has 0 atom stereocenters. The maximum Gasteiger partial charge on any atom is 0.314 e. The lowest BCUT2D eigenvalue weighted by atomic mass is 10.2. The summed E-state index contributed by atoms with van der Waals surface area (Å²) in [6.07, 6.45) is 0.798. The molecule has 16 heavy (non-hydrogen) atoms. The molecule has 1 aromatic rings. The fraction of sp³-hybridized carbons (Fsp3) is 0.417.